The Bertz CT molecular complexity index is 568. The molecule has 0 saturated carbocycles. The minimum Gasteiger partial charge on any atom is -0.314 e. The van der Waals surface area contributed by atoms with Crippen molar-refractivity contribution in [1.82, 2.24) is 10.2 Å². The van der Waals surface area contributed by atoms with E-state index in [1.807, 2.05) is 6.07 Å². The number of halogens is 2. The van der Waals surface area contributed by atoms with E-state index in [9.17, 15) is 4.39 Å². The molecule has 1 aromatic heterocycles. The Hall–Kier alpha value is -0.940. The minimum atomic E-state index is -0.152. The van der Waals surface area contributed by atoms with E-state index in [1.54, 1.807) is 23.5 Å². The van der Waals surface area contributed by atoms with Gasteiger partial charge in [-0.15, -0.1) is 12.4 Å². The normalized spacial score (nSPS) is 17.2. The number of nitrogens with zero attached hydrogens (tertiary/aromatic N) is 1. The highest BCUT2D eigenvalue weighted by Gasteiger charge is 2.25. The summed E-state index contributed by atoms with van der Waals surface area (Å²) in [6, 6.07) is 7.44. The Morgan fingerprint density at radius 3 is 2.67 bits per heavy atom. The molecule has 0 spiro atoms. The number of hydrogen-bond acceptors (Lipinski definition) is 3. The van der Waals surface area contributed by atoms with Crippen LogP contribution in [0.4, 0.5) is 4.39 Å². The van der Waals surface area contributed by atoms with Gasteiger partial charge in [-0.2, -0.15) is 11.3 Å². The average molecular weight is 327 g/mol. The topological polar surface area (TPSA) is 15.3 Å². The molecule has 3 rings (SSSR count). The van der Waals surface area contributed by atoms with E-state index in [0.29, 0.717) is 0 Å². The third-order valence-electron chi connectivity index (χ3n) is 3.91. The second-order valence-corrected chi connectivity index (χ2v) is 6.03. The van der Waals surface area contributed by atoms with Gasteiger partial charge in [-0.3, -0.25) is 4.90 Å². The summed E-state index contributed by atoms with van der Waals surface area (Å²) in [7, 11) is 0. The first-order chi connectivity index (χ1) is 9.75. The van der Waals surface area contributed by atoms with Crippen molar-refractivity contribution in [2.24, 2.45) is 0 Å². The third kappa shape index (κ3) is 3.64. The zero-order valence-electron chi connectivity index (χ0n) is 12.0. The maximum absolute atomic E-state index is 13.7. The van der Waals surface area contributed by atoms with Gasteiger partial charge in [-0.05, 0) is 52.6 Å². The molecule has 2 heterocycles. The van der Waals surface area contributed by atoms with E-state index in [1.165, 1.54) is 5.56 Å². The molecule has 1 fully saturated rings. The number of benzene rings is 1. The van der Waals surface area contributed by atoms with Crippen molar-refractivity contribution in [2.75, 3.05) is 26.2 Å². The Morgan fingerprint density at radius 2 is 2.00 bits per heavy atom. The van der Waals surface area contributed by atoms with Gasteiger partial charge in [0.05, 0.1) is 6.04 Å². The van der Waals surface area contributed by atoms with E-state index in [4.69, 9.17) is 0 Å². The number of piperazine rings is 1. The van der Waals surface area contributed by atoms with Crippen LogP contribution in [-0.2, 0) is 0 Å². The summed E-state index contributed by atoms with van der Waals surface area (Å²) in [6.07, 6.45) is 0. The lowest BCUT2D eigenvalue weighted by molar-refractivity contribution is 0.198. The molecular formula is C16H20ClFN2S. The van der Waals surface area contributed by atoms with Crippen LogP contribution < -0.4 is 5.32 Å². The predicted octanol–water partition coefficient (Wildman–Crippen LogP) is 3.61. The summed E-state index contributed by atoms with van der Waals surface area (Å²) < 4.78 is 13.7. The highest BCUT2D eigenvalue weighted by Crippen LogP contribution is 2.32. The molecule has 0 unspecified atom stereocenters. The van der Waals surface area contributed by atoms with Crippen LogP contribution in [-0.4, -0.2) is 31.1 Å². The first-order valence-electron chi connectivity index (χ1n) is 6.98. The van der Waals surface area contributed by atoms with Gasteiger partial charge in [0, 0.05) is 26.2 Å². The fourth-order valence-corrected chi connectivity index (χ4v) is 3.54. The molecule has 5 heteroatoms. The van der Waals surface area contributed by atoms with Crippen molar-refractivity contribution >= 4 is 23.7 Å². The molecule has 0 radical (unpaired) electrons. The van der Waals surface area contributed by atoms with Crippen molar-refractivity contribution in [1.29, 1.82) is 0 Å². The van der Waals surface area contributed by atoms with Crippen LogP contribution in [0.25, 0.3) is 0 Å². The molecule has 1 aliphatic rings. The lowest BCUT2D eigenvalue weighted by atomic mass is 9.94. The van der Waals surface area contributed by atoms with E-state index in [-0.39, 0.29) is 24.3 Å². The molecule has 2 aromatic rings. The summed E-state index contributed by atoms with van der Waals surface area (Å²) in [5, 5.41) is 7.65. The van der Waals surface area contributed by atoms with Crippen LogP contribution >= 0.6 is 23.7 Å². The van der Waals surface area contributed by atoms with Gasteiger partial charge in [0.15, 0.2) is 0 Å². The van der Waals surface area contributed by atoms with Gasteiger partial charge >= 0.3 is 0 Å². The average Bonchev–Trinajstić information content (AvgIpc) is 2.98. The van der Waals surface area contributed by atoms with Crippen LogP contribution in [0.3, 0.4) is 0 Å². The number of nitrogens with one attached hydrogen (secondary N) is 1. The Balaban J connectivity index is 0.00000161. The maximum Gasteiger partial charge on any atom is 0.123 e. The van der Waals surface area contributed by atoms with Crippen LogP contribution in [0.5, 0.6) is 0 Å². The molecule has 1 aliphatic heterocycles. The molecule has 0 bridgehead atoms. The summed E-state index contributed by atoms with van der Waals surface area (Å²) >= 11 is 1.70. The first-order valence-corrected chi connectivity index (χ1v) is 7.93. The van der Waals surface area contributed by atoms with Gasteiger partial charge in [-0.1, -0.05) is 6.07 Å². The van der Waals surface area contributed by atoms with E-state index in [0.717, 1.165) is 37.3 Å². The van der Waals surface area contributed by atoms with Crippen molar-refractivity contribution in [2.45, 2.75) is 13.0 Å². The Labute approximate surface area is 135 Å². The van der Waals surface area contributed by atoms with Crippen molar-refractivity contribution in [3.05, 3.63) is 57.5 Å². The molecule has 2 nitrogen and oxygen atoms in total. The van der Waals surface area contributed by atoms with Crippen molar-refractivity contribution in [3.8, 4) is 0 Å². The Morgan fingerprint density at radius 1 is 1.24 bits per heavy atom. The lowest BCUT2D eigenvalue weighted by Gasteiger charge is -2.35. The van der Waals surface area contributed by atoms with Gasteiger partial charge in [0.25, 0.3) is 0 Å². The van der Waals surface area contributed by atoms with Crippen molar-refractivity contribution < 1.29 is 4.39 Å². The summed E-state index contributed by atoms with van der Waals surface area (Å²) in [6.45, 7) is 6.05. The fourth-order valence-electron chi connectivity index (χ4n) is 2.86. The van der Waals surface area contributed by atoms with Gasteiger partial charge in [0.1, 0.15) is 5.82 Å². The lowest BCUT2D eigenvalue weighted by Crippen LogP contribution is -2.45. The minimum absolute atomic E-state index is 0. The molecule has 0 aliphatic carbocycles. The smallest absolute Gasteiger partial charge is 0.123 e. The van der Waals surface area contributed by atoms with Crippen LogP contribution in [0, 0.1) is 12.7 Å². The zero-order valence-corrected chi connectivity index (χ0v) is 13.6. The first kappa shape index (κ1) is 16.4. The van der Waals surface area contributed by atoms with Gasteiger partial charge < -0.3 is 5.32 Å². The predicted molar refractivity (Wildman–Crippen MR) is 89.0 cm³/mol. The summed E-state index contributed by atoms with van der Waals surface area (Å²) in [4.78, 5) is 2.44. The van der Waals surface area contributed by atoms with E-state index < -0.39 is 0 Å². The monoisotopic (exact) mass is 326 g/mol. The summed E-state index contributed by atoms with van der Waals surface area (Å²) in [5.74, 6) is -0.152. The summed E-state index contributed by atoms with van der Waals surface area (Å²) in [5.41, 5.74) is 3.51. The van der Waals surface area contributed by atoms with E-state index in [2.05, 4.69) is 34.0 Å². The van der Waals surface area contributed by atoms with E-state index >= 15 is 0 Å². The second kappa shape index (κ2) is 7.36. The van der Waals surface area contributed by atoms with Crippen molar-refractivity contribution in [3.63, 3.8) is 0 Å². The molecule has 1 atom stereocenters. The number of thiophene rings is 1. The quantitative estimate of drug-likeness (QED) is 0.927. The molecule has 114 valence electrons. The van der Waals surface area contributed by atoms with Gasteiger partial charge in [-0.25, -0.2) is 4.39 Å². The molecule has 0 amide bonds. The molecule has 1 saturated heterocycles. The Kier molecular flexibility index (Phi) is 5.76. The molecule has 21 heavy (non-hydrogen) atoms. The number of hydrogen-bond donors (Lipinski definition) is 1. The van der Waals surface area contributed by atoms with Crippen LogP contribution in [0.1, 0.15) is 22.7 Å². The number of aryl methyl sites for hydroxylation is 1. The molecular weight excluding hydrogens is 307 g/mol. The fraction of sp³-hybridized carbons (Fsp3) is 0.375. The SMILES string of the molecule is Cc1ccc(F)cc1[C@@H](c1ccsc1)N1CCNCC1.Cl. The molecule has 1 aromatic carbocycles. The van der Waals surface area contributed by atoms with Crippen LogP contribution in [0.2, 0.25) is 0 Å². The highest BCUT2D eigenvalue weighted by molar-refractivity contribution is 7.08. The standard InChI is InChI=1S/C16H19FN2S.ClH/c1-12-2-3-14(17)10-15(12)16(13-4-9-20-11-13)19-7-5-18-6-8-19;/h2-4,9-11,16,18H,5-8H2,1H3;1H/t16-;/m1./s1. The van der Waals surface area contributed by atoms with Gasteiger partial charge in [0.2, 0.25) is 0 Å². The third-order valence-corrected chi connectivity index (χ3v) is 4.61. The van der Waals surface area contributed by atoms with Crippen LogP contribution in [0.15, 0.2) is 35.0 Å². The molecule has 1 N–H and O–H groups in total. The maximum atomic E-state index is 13.7. The largest absolute Gasteiger partial charge is 0.314 e. The second-order valence-electron chi connectivity index (χ2n) is 5.25. The zero-order chi connectivity index (χ0) is 13.9. The highest BCUT2D eigenvalue weighted by atomic mass is 35.5. The number of rotatable bonds is 3.